The molecule has 0 fully saturated rings. The van der Waals surface area contributed by atoms with Crippen molar-refractivity contribution in [1.29, 1.82) is 0 Å². The lowest BCUT2D eigenvalue weighted by Crippen LogP contribution is -2.05. The van der Waals surface area contributed by atoms with Crippen LogP contribution in [0.15, 0.2) is 0 Å². The molecule has 0 bridgehead atoms. The molecule has 0 aliphatic heterocycles. The Kier molecular flexibility index (Phi) is 3.37. The monoisotopic (exact) mass is 128 g/mol. The lowest BCUT2D eigenvalue weighted by atomic mass is 11.4. The first-order chi connectivity index (χ1) is 3.13. The number of hydrogen-bond donors (Lipinski definition) is 4. The van der Waals surface area contributed by atoms with Gasteiger partial charge in [0.05, 0.1) is 0 Å². The number of hydrogen-bond acceptors (Lipinski definition) is 5. The molecule has 0 atom stereocenters. The summed E-state index contributed by atoms with van der Waals surface area (Å²) in [6.45, 7) is -2.10. The summed E-state index contributed by atoms with van der Waals surface area (Å²) in [6, 6.07) is 0. The van der Waals surface area contributed by atoms with E-state index in [0.29, 0.717) is 0 Å². The van der Waals surface area contributed by atoms with E-state index in [4.69, 9.17) is 20.0 Å². The van der Waals surface area contributed by atoms with Gasteiger partial charge in [-0.15, -0.1) is 0 Å². The second-order valence-corrected chi connectivity index (χ2v) is 1.40. The van der Waals surface area contributed by atoms with Gasteiger partial charge in [0, 0.05) is 0 Å². The van der Waals surface area contributed by atoms with Gasteiger partial charge in [-0.1, -0.05) is 0 Å². The van der Waals surface area contributed by atoms with Gasteiger partial charge in [-0.25, -0.2) is 0 Å². The molecule has 0 saturated carbocycles. The Bertz CT molecular complexity index is 37.3. The molecule has 0 radical (unpaired) electrons. The van der Waals surface area contributed by atoms with E-state index < -0.39 is 15.1 Å². The van der Waals surface area contributed by atoms with Crippen molar-refractivity contribution in [3.8, 4) is 0 Å². The quantitative estimate of drug-likeness (QED) is 0.268. The molecule has 4 N–H and O–H groups in total. The molecular formula is CH5O5P. The Labute approximate surface area is 40.8 Å². The highest BCUT2D eigenvalue weighted by atomic mass is 31.2. The van der Waals surface area contributed by atoms with Crippen molar-refractivity contribution in [3.05, 3.63) is 0 Å². The summed E-state index contributed by atoms with van der Waals surface area (Å²) in [7, 11) is -2.64. The zero-order valence-corrected chi connectivity index (χ0v) is 4.12. The van der Waals surface area contributed by atoms with Crippen LogP contribution in [0, 0.1) is 0 Å². The van der Waals surface area contributed by atoms with Crippen LogP contribution in [0.3, 0.4) is 0 Å². The fourth-order valence-corrected chi connectivity index (χ4v) is 0.253. The van der Waals surface area contributed by atoms with Crippen molar-refractivity contribution in [2.45, 2.75) is 6.48 Å². The number of aliphatic hydroxyl groups is 2. The zero-order valence-electron chi connectivity index (χ0n) is 3.22. The zero-order chi connectivity index (χ0) is 5.86. The highest BCUT2D eigenvalue weighted by Gasteiger charge is 2.03. The molecule has 0 aromatic rings. The average molecular weight is 128 g/mol. The fraction of sp³-hybridized carbons (Fsp3) is 1.00. The molecule has 0 aliphatic carbocycles. The highest BCUT2D eigenvalue weighted by Crippen LogP contribution is 2.24. The van der Waals surface area contributed by atoms with Crippen LogP contribution in [0.25, 0.3) is 0 Å². The van der Waals surface area contributed by atoms with E-state index in [1.165, 1.54) is 0 Å². The summed E-state index contributed by atoms with van der Waals surface area (Å²) < 4.78 is 3.54. The van der Waals surface area contributed by atoms with Crippen LogP contribution in [0.2, 0.25) is 0 Å². The summed E-state index contributed by atoms with van der Waals surface area (Å²) in [6.07, 6.45) is 0. The SMILES string of the molecule is OC(O)OP(O)O. The number of rotatable bonds is 2. The van der Waals surface area contributed by atoms with E-state index >= 15 is 0 Å². The summed E-state index contributed by atoms with van der Waals surface area (Å²) in [5, 5.41) is 15.5. The first kappa shape index (κ1) is 7.23. The summed E-state index contributed by atoms with van der Waals surface area (Å²) in [5.74, 6) is 0. The number of aliphatic hydroxyl groups excluding tert-OH is 1. The first-order valence-electron chi connectivity index (χ1n) is 1.33. The van der Waals surface area contributed by atoms with Gasteiger partial charge in [0.15, 0.2) is 0 Å². The van der Waals surface area contributed by atoms with Crippen molar-refractivity contribution in [1.82, 2.24) is 0 Å². The molecule has 0 saturated heterocycles. The van der Waals surface area contributed by atoms with E-state index in [9.17, 15) is 0 Å². The Hall–Kier alpha value is 0.230. The smallest absolute Gasteiger partial charge is 0.331 e. The van der Waals surface area contributed by atoms with Gasteiger partial charge >= 0.3 is 8.60 Å². The van der Waals surface area contributed by atoms with E-state index in [2.05, 4.69) is 4.52 Å². The first-order valence-corrected chi connectivity index (χ1v) is 2.50. The molecule has 0 heterocycles. The maximum atomic E-state index is 7.80. The van der Waals surface area contributed by atoms with E-state index in [1.807, 2.05) is 0 Å². The molecule has 5 nitrogen and oxygen atoms in total. The topological polar surface area (TPSA) is 90.2 Å². The standard InChI is InChI=1S/CH5O5P/c2-1(3)6-7(4)5/h1-5H. The van der Waals surface area contributed by atoms with Crippen LogP contribution >= 0.6 is 8.60 Å². The van der Waals surface area contributed by atoms with Crippen molar-refractivity contribution in [3.63, 3.8) is 0 Å². The van der Waals surface area contributed by atoms with Gasteiger partial charge in [0.2, 0.25) is 0 Å². The summed E-state index contributed by atoms with van der Waals surface area (Å²) in [4.78, 5) is 15.6. The van der Waals surface area contributed by atoms with Crippen LogP contribution in [-0.4, -0.2) is 26.5 Å². The van der Waals surface area contributed by atoms with Crippen LogP contribution < -0.4 is 0 Å². The maximum absolute atomic E-state index is 7.80. The highest BCUT2D eigenvalue weighted by molar-refractivity contribution is 7.39. The molecule has 6 heteroatoms. The van der Waals surface area contributed by atoms with Crippen molar-refractivity contribution in [2.24, 2.45) is 0 Å². The van der Waals surface area contributed by atoms with Gasteiger partial charge < -0.3 is 20.0 Å². The molecule has 0 amide bonds. The third-order valence-electron chi connectivity index (χ3n) is 0.189. The minimum atomic E-state index is -2.64. The summed E-state index contributed by atoms with van der Waals surface area (Å²) >= 11 is 0. The minimum Gasteiger partial charge on any atom is -0.346 e. The van der Waals surface area contributed by atoms with Crippen LogP contribution in [0.1, 0.15) is 0 Å². The van der Waals surface area contributed by atoms with Gasteiger partial charge in [-0.3, -0.25) is 4.52 Å². The van der Waals surface area contributed by atoms with Gasteiger partial charge in [0.1, 0.15) is 0 Å². The third kappa shape index (κ3) is 6.23. The average Bonchev–Trinajstić information content (AvgIpc) is 1.27. The normalized spacial score (nSPS) is 11.1. The van der Waals surface area contributed by atoms with Gasteiger partial charge in [-0.05, 0) is 0 Å². The van der Waals surface area contributed by atoms with Gasteiger partial charge in [0.25, 0.3) is 6.48 Å². The molecule has 0 rings (SSSR count). The lowest BCUT2D eigenvalue weighted by molar-refractivity contribution is -0.183. The van der Waals surface area contributed by atoms with Gasteiger partial charge in [-0.2, -0.15) is 0 Å². The molecular weight excluding hydrogens is 123 g/mol. The molecule has 7 heavy (non-hydrogen) atoms. The largest absolute Gasteiger partial charge is 0.346 e. The Morgan fingerprint density at radius 1 is 1.29 bits per heavy atom. The van der Waals surface area contributed by atoms with Crippen LogP contribution in [0.4, 0.5) is 0 Å². The maximum Gasteiger partial charge on any atom is 0.331 e. The van der Waals surface area contributed by atoms with Crippen LogP contribution in [0.5, 0.6) is 0 Å². The van der Waals surface area contributed by atoms with Crippen molar-refractivity contribution >= 4 is 8.60 Å². The molecule has 0 aliphatic rings. The summed E-state index contributed by atoms with van der Waals surface area (Å²) in [5.41, 5.74) is 0. The molecule has 44 valence electrons. The predicted molar refractivity (Wildman–Crippen MR) is 20.7 cm³/mol. The Morgan fingerprint density at radius 3 is 1.71 bits per heavy atom. The molecule has 0 spiro atoms. The fourth-order valence-electron chi connectivity index (χ4n) is 0.0843. The Morgan fingerprint density at radius 2 is 1.71 bits per heavy atom. The van der Waals surface area contributed by atoms with E-state index in [0.717, 1.165) is 0 Å². The predicted octanol–water partition coefficient (Wildman–Crippen LogP) is -1.52. The molecule has 0 aromatic heterocycles. The van der Waals surface area contributed by atoms with E-state index in [-0.39, 0.29) is 0 Å². The Balaban J connectivity index is 2.95. The second kappa shape index (κ2) is 3.26. The second-order valence-electron chi connectivity index (χ2n) is 0.684. The minimum absolute atomic E-state index is 2.10. The third-order valence-corrected chi connectivity index (χ3v) is 0.566. The molecule has 0 unspecified atom stereocenters. The molecule has 0 aromatic carbocycles. The van der Waals surface area contributed by atoms with Crippen molar-refractivity contribution in [2.75, 3.05) is 0 Å². The van der Waals surface area contributed by atoms with Crippen molar-refractivity contribution < 1.29 is 24.5 Å². The van der Waals surface area contributed by atoms with Crippen LogP contribution in [-0.2, 0) is 4.52 Å². The van der Waals surface area contributed by atoms with E-state index in [1.54, 1.807) is 0 Å². The lowest BCUT2D eigenvalue weighted by Gasteiger charge is -2.02.